The van der Waals surface area contributed by atoms with Crippen LogP contribution in [0.2, 0.25) is 0 Å². The molecule has 0 bridgehead atoms. The maximum absolute atomic E-state index is 9.13. The molecule has 0 aliphatic rings. The first-order chi connectivity index (χ1) is 6.27. The monoisotopic (exact) mass is 286 g/mol. The number of aliphatic hydroxyl groups is 1. The van der Waals surface area contributed by atoms with E-state index in [1.54, 1.807) is 13.8 Å². The van der Waals surface area contributed by atoms with Gasteiger partial charge in [-0.2, -0.15) is 0 Å². The molecule has 0 saturated carbocycles. The van der Waals surface area contributed by atoms with Crippen molar-refractivity contribution >= 4 is 11.9 Å². The number of carbonyl (C=O) groups is 2. The fraction of sp³-hybridized carbons (Fsp3) is 0.714. The summed E-state index contributed by atoms with van der Waals surface area (Å²) in [5.41, 5.74) is 9.02. The molecule has 0 atom stereocenters. The van der Waals surface area contributed by atoms with Crippen LogP contribution in [0.25, 0.3) is 0 Å². The third kappa shape index (κ3) is 98.8. The second kappa shape index (κ2) is 25.8. The van der Waals surface area contributed by atoms with E-state index in [0.717, 1.165) is 0 Å². The Morgan fingerprint density at radius 1 is 1.06 bits per heavy atom. The van der Waals surface area contributed by atoms with Gasteiger partial charge < -0.3 is 36.4 Å². The Kier molecular flexibility index (Phi) is 49.8. The second-order valence-corrected chi connectivity index (χ2v) is 2.25. The Morgan fingerprint density at radius 3 is 1.12 bits per heavy atom. The summed E-state index contributed by atoms with van der Waals surface area (Å²) in [6.45, 7) is 2.67. The molecule has 0 aromatic heterocycles. The van der Waals surface area contributed by atoms with Gasteiger partial charge in [0.25, 0.3) is 0 Å². The summed E-state index contributed by atoms with van der Waals surface area (Å²) in [5.74, 6) is -2.44. The quantitative estimate of drug-likeness (QED) is 0.426. The molecule has 5 N–H and O–H groups in total. The van der Waals surface area contributed by atoms with Crippen molar-refractivity contribution in [1.82, 2.24) is 0 Å². The van der Waals surface area contributed by atoms with Crippen LogP contribution in [0.5, 0.6) is 0 Å². The van der Waals surface area contributed by atoms with Gasteiger partial charge in [-0.3, -0.25) is 0 Å². The summed E-state index contributed by atoms with van der Waals surface area (Å²) in [6.07, 6.45) is -0.167. The van der Waals surface area contributed by atoms with Crippen LogP contribution >= 0.6 is 0 Å². The van der Waals surface area contributed by atoms with Gasteiger partial charge in [-0.15, -0.1) is 0 Å². The van der Waals surface area contributed by atoms with Crippen LogP contribution < -0.4 is 124 Å². The SMILES string of the molecule is CC(C)O.NCC(=O)[O-].NCC(=O)[O-].[K+].[K+]. The molecule has 0 saturated heterocycles. The molecular formula is C7H16K2N2O5. The number of carboxylic acid groups (broad SMARTS) is 2. The van der Waals surface area contributed by atoms with Crippen LogP contribution in [-0.2, 0) is 9.59 Å². The number of hydrogen-bond acceptors (Lipinski definition) is 7. The minimum Gasteiger partial charge on any atom is -0.549 e. The standard InChI is InChI=1S/C3H8O.2C2H5NO2.2K/c1-3(2)4;2*3-1-2(4)5;;/h3-4H,1-2H3;2*1,3H2,(H,4,5);;/q;;;2*+1/p-2. The van der Waals surface area contributed by atoms with Crippen molar-refractivity contribution in [2.75, 3.05) is 13.1 Å². The smallest absolute Gasteiger partial charge is 0.549 e. The molecule has 0 unspecified atom stereocenters. The van der Waals surface area contributed by atoms with Crippen molar-refractivity contribution in [2.45, 2.75) is 20.0 Å². The van der Waals surface area contributed by atoms with E-state index in [-0.39, 0.29) is 122 Å². The third-order valence-electron chi connectivity index (χ3n) is 0.333. The van der Waals surface area contributed by atoms with Gasteiger partial charge in [0.15, 0.2) is 0 Å². The summed E-state index contributed by atoms with van der Waals surface area (Å²) < 4.78 is 0. The number of aliphatic hydroxyl groups excluding tert-OH is 1. The predicted octanol–water partition coefficient (Wildman–Crippen LogP) is -10.2. The normalized spacial score (nSPS) is 6.88. The van der Waals surface area contributed by atoms with E-state index in [4.69, 9.17) is 24.9 Å². The van der Waals surface area contributed by atoms with Gasteiger partial charge in [0, 0.05) is 19.2 Å². The molecule has 0 heterocycles. The number of carbonyl (C=O) groups excluding carboxylic acids is 2. The average molecular weight is 286 g/mol. The zero-order valence-electron chi connectivity index (χ0n) is 10.2. The summed E-state index contributed by atoms with van der Waals surface area (Å²) in [6, 6.07) is 0. The van der Waals surface area contributed by atoms with Crippen LogP contribution in [0, 0.1) is 0 Å². The zero-order chi connectivity index (χ0) is 12.1. The van der Waals surface area contributed by atoms with Crippen molar-refractivity contribution in [3.63, 3.8) is 0 Å². The summed E-state index contributed by atoms with van der Waals surface area (Å²) in [5, 5.41) is 26.3. The van der Waals surface area contributed by atoms with E-state index >= 15 is 0 Å². The van der Waals surface area contributed by atoms with Crippen LogP contribution in [-0.4, -0.2) is 36.2 Å². The van der Waals surface area contributed by atoms with E-state index in [9.17, 15) is 0 Å². The molecule has 0 spiro atoms. The number of aliphatic carboxylic acids is 2. The molecule has 7 nitrogen and oxygen atoms in total. The van der Waals surface area contributed by atoms with E-state index in [2.05, 4.69) is 11.5 Å². The van der Waals surface area contributed by atoms with Crippen molar-refractivity contribution in [1.29, 1.82) is 0 Å². The van der Waals surface area contributed by atoms with Gasteiger partial charge in [-0.25, -0.2) is 0 Å². The molecule has 0 radical (unpaired) electrons. The minimum absolute atomic E-state index is 0. The third-order valence-corrected chi connectivity index (χ3v) is 0.333. The molecule has 0 aromatic carbocycles. The van der Waals surface area contributed by atoms with Crippen LogP contribution in [0.15, 0.2) is 0 Å². The maximum Gasteiger partial charge on any atom is 1.00 e. The Balaban J connectivity index is -0.0000000358. The molecule has 16 heavy (non-hydrogen) atoms. The van der Waals surface area contributed by atoms with Gasteiger partial charge in [0.05, 0.1) is 11.9 Å². The average Bonchev–Trinajstić information content (AvgIpc) is 2.04. The Morgan fingerprint density at radius 2 is 1.12 bits per heavy atom. The fourth-order valence-electron chi connectivity index (χ4n) is 0. The molecule has 0 amide bonds. The Labute approximate surface area is 180 Å². The molecule has 0 rings (SSSR count). The van der Waals surface area contributed by atoms with Crippen LogP contribution in [0.4, 0.5) is 0 Å². The minimum atomic E-state index is -1.22. The van der Waals surface area contributed by atoms with Crippen molar-refractivity contribution in [3.05, 3.63) is 0 Å². The first-order valence-electron chi connectivity index (χ1n) is 3.75. The number of carboxylic acids is 2. The molecule has 0 aromatic rings. The Bertz CT molecular complexity index is 141. The van der Waals surface area contributed by atoms with E-state index in [1.165, 1.54) is 0 Å². The van der Waals surface area contributed by atoms with Crippen molar-refractivity contribution in [3.8, 4) is 0 Å². The molecular weight excluding hydrogens is 270 g/mol. The Hall–Kier alpha value is 2.09. The maximum atomic E-state index is 9.13. The topological polar surface area (TPSA) is 153 Å². The van der Waals surface area contributed by atoms with E-state index in [0.29, 0.717) is 0 Å². The second-order valence-electron chi connectivity index (χ2n) is 2.25. The van der Waals surface area contributed by atoms with Crippen LogP contribution in [0.1, 0.15) is 13.8 Å². The van der Waals surface area contributed by atoms with Gasteiger partial charge in [-0.05, 0) is 13.8 Å². The number of rotatable bonds is 2. The molecule has 86 valence electrons. The zero-order valence-corrected chi connectivity index (χ0v) is 16.5. The van der Waals surface area contributed by atoms with E-state index in [1.807, 2.05) is 0 Å². The summed E-state index contributed by atoms with van der Waals surface area (Å²) >= 11 is 0. The van der Waals surface area contributed by atoms with Gasteiger partial charge in [0.2, 0.25) is 0 Å². The van der Waals surface area contributed by atoms with Gasteiger partial charge in [-0.1, -0.05) is 0 Å². The molecule has 0 aliphatic heterocycles. The van der Waals surface area contributed by atoms with Crippen molar-refractivity contribution in [2.24, 2.45) is 11.5 Å². The van der Waals surface area contributed by atoms with E-state index < -0.39 is 11.9 Å². The molecule has 0 aliphatic carbocycles. The first-order valence-corrected chi connectivity index (χ1v) is 3.75. The number of hydrogen-bond donors (Lipinski definition) is 3. The molecule has 9 heteroatoms. The van der Waals surface area contributed by atoms with Crippen LogP contribution in [0.3, 0.4) is 0 Å². The molecule has 0 fully saturated rings. The summed E-state index contributed by atoms with van der Waals surface area (Å²) in [4.78, 5) is 18.3. The van der Waals surface area contributed by atoms with Gasteiger partial charge in [0.1, 0.15) is 0 Å². The van der Waals surface area contributed by atoms with Crippen molar-refractivity contribution < 1.29 is 128 Å². The van der Waals surface area contributed by atoms with Gasteiger partial charge >= 0.3 is 103 Å². The number of nitrogens with two attached hydrogens (primary N) is 2. The first kappa shape index (κ1) is 30.8. The fourth-order valence-corrected chi connectivity index (χ4v) is 0. The largest absolute Gasteiger partial charge is 1.00 e. The predicted molar refractivity (Wildman–Crippen MR) is 45.5 cm³/mol. The summed E-state index contributed by atoms with van der Waals surface area (Å²) in [7, 11) is 0.